The third-order valence-electron chi connectivity index (χ3n) is 2.93. The standard InChI is InChI=1S/C13H20N2O4S/c1-2-3-4-5-6-11-14-20(18,19)13-9-7-12(8-10-13)15(16)17/h7-10,14H,2-6,11H2,1H3. The summed E-state index contributed by atoms with van der Waals surface area (Å²) in [5.74, 6) is 0. The summed E-state index contributed by atoms with van der Waals surface area (Å²) in [5.41, 5.74) is -0.122. The van der Waals surface area contributed by atoms with Gasteiger partial charge in [0.1, 0.15) is 0 Å². The molecule has 0 amide bonds. The highest BCUT2D eigenvalue weighted by atomic mass is 32.2. The average molecular weight is 300 g/mol. The number of nitrogens with zero attached hydrogens (tertiary/aromatic N) is 1. The second-order valence-corrected chi connectivity index (χ2v) is 6.33. The van der Waals surface area contributed by atoms with Crippen LogP contribution in [0.25, 0.3) is 0 Å². The van der Waals surface area contributed by atoms with Crippen molar-refractivity contribution < 1.29 is 13.3 Å². The maximum Gasteiger partial charge on any atom is 0.269 e. The van der Waals surface area contributed by atoms with Gasteiger partial charge in [-0.2, -0.15) is 0 Å². The smallest absolute Gasteiger partial charge is 0.258 e. The summed E-state index contributed by atoms with van der Waals surface area (Å²) >= 11 is 0. The molecule has 6 nitrogen and oxygen atoms in total. The van der Waals surface area contributed by atoms with Crippen molar-refractivity contribution >= 4 is 15.7 Å². The van der Waals surface area contributed by atoms with Gasteiger partial charge in [0.2, 0.25) is 10.0 Å². The zero-order valence-corrected chi connectivity index (χ0v) is 12.4. The van der Waals surface area contributed by atoms with Crippen LogP contribution < -0.4 is 4.72 Å². The van der Waals surface area contributed by atoms with Gasteiger partial charge in [-0.15, -0.1) is 0 Å². The first-order chi connectivity index (χ1) is 9.47. The number of rotatable bonds is 9. The molecule has 112 valence electrons. The average Bonchev–Trinajstić information content (AvgIpc) is 2.43. The predicted octanol–water partition coefficient (Wildman–Crippen LogP) is 2.84. The van der Waals surface area contributed by atoms with E-state index in [1.54, 1.807) is 0 Å². The van der Waals surface area contributed by atoms with E-state index in [2.05, 4.69) is 11.6 Å². The molecule has 0 unspecified atom stereocenters. The van der Waals surface area contributed by atoms with Gasteiger partial charge >= 0.3 is 0 Å². The van der Waals surface area contributed by atoms with Crippen molar-refractivity contribution in [3.05, 3.63) is 34.4 Å². The fourth-order valence-electron chi connectivity index (χ4n) is 1.77. The Hall–Kier alpha value is -1.47. The molecule has 0 heterocycles. The van der Waals surface area contributed by atoms with Gasteiger partial charge in [0.25, 0.3) is 5.69 Å². The van der Waals surface area contributed by atoms with Crippen LogP contribution in [0.5, 0.6) is 0 Å². The molecule has 0 saturated heterocycles. The molecule has 0 aliphatic rings. The first kappa shape index (κ1) is 16.6. The quantitative estimate of drug-likeness (QED) is 0.431. The highest BCUT2D eigenvalue weighted by Crippen LogP contribution is 2.15. The fourth-order valence-corrected chi connectivity index (χ4v) is 2.84. The first-order valence-electron chi connectivity index (χ1n) is 6.71. The second-order valence-electron chi connectivity index (χ2n) is 4.56. The normalized spacial score (nSPS) is 11.4. The monoisotopic (exact) mass is 300 g/mol. The SMILES string of the molecule is CCCCCCCNS(=O)(=O)c1ccc([N+](=O)[O-])cc1. The Labute approximate surface area is 119 Å². The summed E-state index contributed by atoms with van der Waals surface area (Å²) < 4.78 is 26.3. The summed E-state index contributed by atoms with van der Waals surface area (Å²) in [6, 6.07) is 4.88. The molecule has 0 fully saturated rings. The number of nitrogens with one attached hydrogen (secondary N) is 1. The molecule has 1 rings (SSSR count). The number of sulfonamides is 1. The number of hydrogen-bond acceptors (Lipinski definition) is 4. The van der Waals surface area contributed by atoms with Crippen molar-refractivity contribution in [1.29, 1.82) is 0 Å². The molecule has 0 aromatic heterocycles. The van der Waals surface area contributed by atoms with Gasteiger partial charge in [-0.1, -0.05) is 32.6 Å². The van der Waals surface area contributed by atoms with Crippen LogP contribution in [0.3, 0.4) is 0 Å². The molecule has 1 N–H and O–H groups in total. The molecule has 0 bridgehead atoms. The van der Waals surface area contributed by atoms with E-state index < -0.39 is 14.9 Å². The van der Waals surface area contributed by atoms with Crippen molar-refractivity contribution in [2.24, 2.45) is 0 Å². The minimum Gasteiger partial charge on any atom is -0.258 e. The molecular weight excluding hydrogens is 280 g/mol. The zero-order valence-electron chi connectivity index (χ0n) is 11.5. The third-order valence-corrected chi connectivity index (χ3v) is 4.41. The van der Waals surface area contributed by atoms with E-state index in [9.17, 15) is 18.5 Å². The lowest BCUT2D eigenvalue weighted by molar-refractivity contribution is -0.384. The van der Waals surface area contributed by atoms with Crippen molar-refractivity contribution in [3.8, 4) is 0 Å². The van der Waals surface area contributed by atoms with Crippen molar-refractivity contribution in [3.63, 3.8) is 0 Å². The van der Waals surface area contributed by atoms with Crippen LogP contribution in [0.15, 0.2) is 29.2 Å². The molecule has 20 heavy (non-hydrogen) atoms. The molecule has 0 radical (unpaired) electrons. The van der Waals surface area contributed by atoms with Gasteiger partial charge in [-0.3, -0.25) is 10.1 Å². The summed E-state index contributed by atoms with van der Waals surface area (Å²) in [6.45, 7) is 2.51. The van der Waals surface area contributed by atoms with E-state index >= 15 is 0 Å². The molecule has 0 atom stereocenters. The molecule has 0 aliphatic heterocycles. The molecule has 1 aromatic rings. The summed E-state index contributed by atoms with van der Waals surface area (Å²) in [5, 5.41) is 10.5. The number of hydrogen-bond donors (Lipinski definition) is 1. The summed E-state index contributed by atoms with van der Waals surface area (Å²) in [4.78, 5) is 9.99. The Kier molecular flexibility index (Phi) is 6.60. The van der Waals surface area contributed by atoms with Gasteiger partial charge in [0.15, 0.2) is 0 Å². The van der Waals surface area contributed by atoms with Gasteiger partial charge in [-0.05, 0) is 18.6 Å². The van der Waals surface area contributed by atoms with Gasteiger partial charge in [0.05, 0.1) is 9.82 Å². The van der Waals surface area contributed by atoms with Crippen molar-refractivity contribution in [2.45, 2.75) is 43.9 Å². The number of non-ortho nitro benzene ring substituents is 1. The van der Waals surface area contributed by atoms with Crippen LogP contribution in [0, 0.1) is 10.1 Å². The van der Waals surface area contributed by atoms with Gasteiger partial charge < -0.3 is 0 Å². The Bertz CT molecular complexity index is 526. The topological polar surface area (TPSA) is 89.3 Å². The van der Waals surface area contributed by atoms with Gasteiger partial charge in [-0.25, -0.2) is 13.1 Å². The van der Waals surface area contributed by atoms with Crippen molar-refractivity contribution in [1.82, 2.24) is 4.72 Å². The maximum atomic E-state index is 11.9. The molecule has 0 spiro atoms. The van der Waals surface area contributed by atoms with E-state index in [0.29, 0.717) is 6.54 Å². The Morgan fingerprint density at radius 1 is 1.10 bits per heavy atom. The van der Waals surface area contributed by atoms with Crippen LogP contribution in [-0.2, 0) is 10.0 Å². The third kappa shape index (κ3) is 5.26. The molecule has 1 aromatic carbocycles. The summed E-state index contributed by atoms with van der Waals surface area (Å²) in [7, 11) is -3.57. The minimum absolute atomic E-state index is 0.0525. The van der Waals surface area contributed by atoms with E-state index in [0.717, 1.165) is 32.1 Å². The van der Waals surface area contributed by atoms with E-state index in [4.69, 9.17) is 0 Å². The first-order valence-corrected chi connectivity index (χ1v) is 8.20. The van der Waals surface area contributed by atoms with Crippen molar-refractivity contribution in [2.75, 3.05) is 6.54 Å². The zero-order chi connectivity index (χ0) is 15.0. The number of nitro benzene ring substituents is 1. The highest BCUT2D eigenvalue weighted by Gasteiger charge is 2.14. The highest BCUT2D eigenvalue weighted by molar-refractivity contribution is 7.89. The predicted molar refractivity (Wildman–Crippen MR) is 77.0 cm³/mol. The number of benzene rings is 1. The number of unbranched alkanes of at least 4 members (excludes halogenated alkanes) is 4. The second kappa shape index (κ2) is 7.96. The van der Waals surface area contributed by atoms with E-state index in [-0.39, 0.29) is 10.6 Å². The maximum absolute atomic E-state index is 11.9. The molecule has 0 aliphatic carbocycles. The van der Waals surface area contributed by atoms with Crippen LogP contribution in [0.1, 0.15) is 39.0 Å². The van der Waals surface area contributed by atoms with Crippen LogP contribution in [-0.4, -0.2) is 19.9 Å². The van der Waals surface area contributed by atoms with Crippen LogP contribution in [0.4, 0.5) is 5.69 Å². The Balaban J connectivity index is 2.49. The molecule has 7 heteroatoms. The molecule has 0 saturated carbocycles. The Morgan fingerprint density at radius 2 is 1.70 bits per heavy atom. The molecular formula is C13H20N2O4S. The largest absolute Gasteiger partial charge is 0.269 e. The van der Waals surface area contributed by atoms with E-state index in [1.165, 1.54) is 24.3 Å². The lowest BCUT2D eigenvalue weighted by atomic mass is 10.2. The van der Waals surface area contributed by atoms with Gasteiger partial charge in [0, 0.05) is 18.7 Å². The van der Waals surface area contributed by atoms with E-state index in [1.807, 2.05) is 0 Å². The summed E-state index contributed by atoms with van der Waals surface area (Å²) in [6.07, 6.45) is 5.21. The lowest BCUT2D eigenvalue weighted by Gasteiger charge is -2.06. The minimum atomic E-state index is -3.57. The Morgan fingerprint density at radius 3 is 2.25 bits per heavy atom. The lowest BCUT2D eigenvalue weighted by Crippen LogP contribution is -2.24. The fraction of sp³-hybridized carbons (Fsp3) is 0.538. The van der Waals surface area contributed by atoms with Crippen LogP contribution in [0.2, 0.25) is 0 Å². The number of nitro groups is 1. The van der Waals surface area contributed by atoms with Crippen LogP contribution >= 0.6 is 0 Å².